The SMILES string of the molecule is CCCc1cc(C(=O)N(C)CCCC(=O)O)sc1C. The van der Waals surface area contributed by atoms with Crippen molar-refractivity contribution in [2.75, 3.05) is 13.6 Å². The summed E-state index contributed by atoms with van der Waals surface area (Å²) in [6, 6.07) is 1.97. The number of carbonyl (C=O) groups is 2. The number of hydrogen-bond donors (Lipinski definition) is 1. The Morgan fingerprint density at radius 3 is 2.68 bits per heavy atom. The van der Waals surface area contributed by atoms with Crippen LogP contribution in [0.5, 0.6) is 0 Å². The van der Waals surface area contributed by atoms with Crippen LogP contribution in [0.3, 0.4) is 0 Å². The van der Waals surface area contributed by atoms with E-state index in [-0.39, 0.29) is 12.3 Å². The quantitative estimate of drug-likeness (QED) is 0.837. The predicted octanol–water partition coefficient (Wildman–Crippen LogP) is 2.95. The van der Waals surface area contributed by atoms with Gasteiger partial charge in [-0.05, 0) is 31.4 Å². The Balaban J connectivity index is 2.61. The maximum Gasteiger partial charge on any atom is 0.303 e. The van der Waals surface area contributed by atoms with E-state index in [1.165, 1.54) is 21.8 Å². The van der Waals surface area contributed by atoms with Crippen LogP contribution in [0.15, 0.2) is 6.07 Å². The largest absolute Gasteiger partial charge is 0.481 e. The molecule has 1 heterocycles. The maximum absolute atomic E-state index is 12.2. The van der Waals surface area contributed by atoms with Crippen LogP contribution >= 0.6 is 11.3 Å². The highest BCUT2D eigenvalue weighted by atomic mass is 32.1. The summed E-state index contributed by atoms with van der Waals surface area (Å²) in [5.74, 6) is -0.834. The lowest BCUT2D eigenvalue weighted by Gasteiger charge is -2.15. The highest BCUT2D eigenvalue weighted by Crippen LogP contribution is 2.24. The topological polar surface area (TPSA) is 57.6 Å². The fourth-order valence-electron chi connectivity index (χ4n) is 1.90. The van der Waals surface area contributed by atoms with Crippen molar-refractivity contribution in [2.45, 2.75) is 39.5 Å². The molecule has 0 saturated carbocycles. The molecule has 19 heavy (non-hydrogen) atoms. The average molecular weight is 283 g/mol. The molecule has 0 aliphatic rings. The second-order valence-electron chi connectivity index (χ2n) is 4.67. The summed E-state index contributed by atoms with van der Waals surface area (Å²) >= 11 is 1.52. The van der Waals surface area contributed by atoms with Crippen LogP contribution in [0, 0.1) is 6.92 Å². The highest BCUT2D eigenvalue weighted by Gasteiger charge is 2.16. The lowest BCUT2D eigenvalue weighted by atomic mass is 10.1. The molecule has 0 spiro atoms. The number of amides is 1. The van der Waals surface area contributed by atoms with Crippen molar-refractivity contribution >= 4 is 23.2 Å². The molecule has 1 rings (SSSR count). The van der Waals surface area contributed by atoms with Gasteiger partial charge in [0.1, 0.15) is 0 Å². The van der Waals surface area contributed by atoms with Gasteiger partial charge in [-0.15, -0.1) is 11.3 Å². The molecule has 1 aromatic rings. The first-order valence-corrected chi connectivity index (χ1v) is 7.34. The number of carboxylic acids is 1. The number of rotatable bonds is 7. The summed E-state index contributed by atoms with van der Waals surface area (Å²) < 4.78 is 0. The molecule has 4 nitrogen and oxygen atoms in total. The van der Waals surface area contributed by atoms with E-state index in [2.05, 4.69) is 6.92 Å². The summed E-state index contributed by atoms with van der Waals surface area (Å²) in [5, 5.41) is 8.58. The smallest absolute Gasteiger partial charge is 0.303 e. The second kappa shape index (κ2) is 7.28. The summed E-state index contributed by atoms with van der Waals surface area (Å²) in [7, 11) is 1.72. The van der Waals surface area contributed by atoms with Crippen LogP contribution in [0.2, 0.25) is 0 Å². The molecule has 0 bridgehead atoms. The minimum Gasteiger partial charge on any atom is -0.481 e. The van der Waals surface area contributed by atoms with Gasteiger partial charge in [0.15, 0.2) is 0 Å². The van der Waals surface area contributed by atoms with E-state index in [0.29, 0.717) is 13.0 Å². The zero-order valence-electron chi connectivity index (χ0n) is 11.7. The molecule has 1 N–H and O–H groups in total. The second-order valence-corrected chi connectivity index (χ2v) is 5.92. The third-order valence-corrected chi connectivity index (χ3v) is 4.06. The van der Waals surface area contributed by atoms with Crippen LogP contribution in [0.1, 0.15) is 46.3 Å². The van der Waals surface area contributed by atoms with E-state index in [0.717, 1.165) is 17.7 Å². The van der Waals surface area contributed by atoms with E-state index in [1.807, 2.05) is 13.0 Å². The summed E-state index contributed by atoms with van der Waals surface area (Å²) in [4.78, 5) is 26.2. The molecule has 0 aliphatic carbocycles. The van der Waals surface area contributed by atoms with Gasteiger partial charge in [-0.1, -0.05) is 13.3 Å². The Morgan fingerprint density at radius 2 is 2.11 bits per heavy atom. The third kappa shape index (κ3) is 4.67. The molecular formula is C14H21NO3S. The molecule has 5 heteroatoms. The molecule has 0 saturated heterocycles. The van der Waals surface area contributed by atoms with Gasteiger partial charge in [-0.25, -0.2) is 0 Å². The van der Waals surface area contributed by atoms with E-state index in [9.17, 15) is 9.59 Å². The van der Waals surface area contributed by atoms with Gasteiger partial charge in [-0.3, -0.25) is 9.59 Å². The number of thiophene rings is 1. The van der Waals surface area contributed by atoms with Gasteiger partial charge in [0, 0.05) is 24.9 Å². The van der Waals surface area contributed by atoms with Crippen molar-refractivity contribution in [3.63, 3.8) is 0 Å². The normalized spacial score (nSPS) is 10.5. The first kappa shape index (κ1) is 15.7. The average Bonchev–Trinajstić information content (AvgIpc) is 2.70. The molecule has 0 fully saturated rings. The summed E-state index contributed by atoms with van der Waals surface area (Å²) in [6.45, 7) is 4.64. The standard InChI is InChI=1S/C14H21NO3S/c1-4-6-11-9-12(19-10(11)2)14(18)15(3)8-5-7-13(16)17/h9H,4-8H2,1-3H3,(H,16,17). The fraction of sp³-hybridized carbons (Fsp3) is 0.571. The van der Waals surface area contributed by atoms with Crippen LogP contribution < -0.4 is 0 Å². The Hall–Kier alpha value is -1.36. The van der Waals surface area contributed by atoms with Crippen molar-refractivity contribution in [1.29, 1.82) is 0 Å². The third-order valence-electron chi connectivity index (χ3n) is 2.98. The number of aryl methyl sites for hydroxylation is 2. The van der Waals surface area contributed by atoms with Crippen molar-refractivity contribution < 1.29 is 14.7 Å². The minimum atomic E-state index is -0.821. The molecule has 0 atom stereocenters. The van der Waals surface area contributed by atoms with Crippen molar-refractivity contribution in [3.8, 4) is 0 Å². The van der Waals surface area contributed by atoms with Gasteiger partial charge in [0.2, 0.25) is 0 Å². The molecule has 1 amide bonds. The summed E-state index contributed by atoms with van der Waals surface area (Å²) in [6.07, 6.45) is 2.66. The number of carboxylic acid groups (broad SMARTS) is 1. The van der Waals surface area contributed by atoms with E-state index in [1.54, 1.807) is 11.9 Å². The number of aliphatic carboxylic acids is 1. The van der Waals surface area contributed by atoms with Crippen LogP contribution in [0.25, 0.3) is 0 Å². The van der Waals surface area contributed by atoms with Gasteiger partial charge in [0.05, 0.1) is 4.88 Å². The number of hydrogen-bond acceptors (Lipinski definition) is 3. The van der Waals surface area contributed by atoms with Crippen molar-refractivity contribution in [1.82, 2.24) is 4.90 Å². The van der Waals surface area contributed by atoms with Crippen molar-refractivity contribution in [2.24, 2.45) is 0 Å². The Bertz CT molecular complexity index is 454. The molecular weight excluding hydrogens is 262 g/mol. The zero-order valence-corrected chi connectivity index (χ0v) is 12.5. The van der Waals surface area contributed by atoms with Crippen LogP contribution in [-0.2, 0) is 11.2 Å². The van der Waals surface area contributed by atoms with Crippen LogP contribution in [0.4, 0.5) is 0 Å². The molecule has 1 aromatic heterocycles. The molecule has 0 unspecified atom stereocenters. The van der Waals surface area contributed by atoms with E-state index >= 15 is 0 Å². The lowest BCUT2D eigenvalue weighted by molar-refractivity contribution is -0.137. The van der Waals surface area contributed by atoms with Gasteiger partial charge >= 0.3 is 5.97 Å². The minimum absolute atomic E-state index is 0.0131. The highest BCUT2D eigenvalue weighted by molar-refractivity contribution is 7.14. The Morgan fingerprint density at radius 1 is 1.42 bits per heavy atom. The maximum atomic E-state index is 12.2. The fourth-order valence-corrected chi connectivity index (χ4v) is 2.97. The molecule has 0 aliphatic heterocycles. The zero-order chi connectivity index (χ0) is 14.4. The molecule has 0 radical (unpaired) electrons. The van der Waals surface area contributed by atoms with Crippen LogP contribution in [-0.4, -0.2) is 35.5 Å². The predicted molar refractivity (Wildman–Crippen MR) is 76.9 cm³/mol. The monoisotopic (exact) mass is 283 g/mol. The van der Waals surface area contributed by atoms with E-state index in [4.69, 9.17) is 5.11 Å². The molecule has 0 aromatic carbocycles. The Kier molecular flexibility index (Phi) is 6.02. The van der Waals surface area contributed by atoms with Gasteiger partial charge < -0.3 is 10.0 Å². The lowest BCUT2D eigenvalue weighted by Crippen LogP contribution is -2.27. The van der Waals surface area contributed by atoms with Gasteiger partial charge in [0.25, 0.3) is 5.91 Å². The van der Waals surface area contributed by atoms with Gasteiger partial charge in [-0.2, -0.15) is 0 Å². The first-order valence-electron chi connectivity index (χ1n) is 6.52. The number of carbonyl (C=O) groups excluding carboxylic acids is 1. The van der Waals surface area contributed by atoms with Crippen molar-refractivity contribution in [3.05, 3.63) is 21.4 Å². The first-order chi connectivity index (χ1) is 8.95. The molecule has 106 valence electrons. The van der Waals surface area contributed by atoms with E-state index < -0.39 is 5.97 Å². The number of nitrogens with zero attached hydrogens (tertiary/aromatic N) is 1. The Labute approximate surface area is 118 Å². The summed E-state index contributed by atoms with van der Waals surface area (Å²) in [5.41, 5.74) is 1.25.